The smallest absolute Gasteiger partial charge is 0.196 e. The molecule has 1 aliphatic rings. The summed E-state index contributed by atoms with van der Waals surface area (Å²) in [5.41, 5.74) is 6.72. The molecule has 0 spiro atoms. The van der Waals surface area contributed by atoms with Gasteiger partial charge in [0.25, 0.3) is 0 Å². The number of aryl methyl sites for hydroxylation is 1. The monoisotopic (exact) mass is 457 g/mol. The van der Waals surface area contributed by atoms with Gasteiger partial charge in [0.2, 0.25) is 0 Å². The van der Waals surface area contributed by atoms with Crippen molar-refractivity contribution in [1.29, 1.82) is 0 Å². The normalized spacial score (nSPS) is 12.1. The lowest BCUT2D eigenvalue weighted by Gasteiger charge is -2.22. The van der Waals surface area contributed by atoms with Crippen LogP contribution in [0, 0.1) is 0 Å². The van der Waals surface area contributed by atoms with E-state index in [9.17, 15) is 4.79 Å². The molecule has 0 aliphatic heterocycles. The van der Waals surface area contributed by atoms with Gasteiger partial charge in [-0.1, -0.05) is 49.7 Å². The number of hydrogen-bond donors (Lipinski definition) is 1. The second-order valence-electron chi connectivity index (χ2n) is 7.53. The van der Waals surface area contributed by atoms with Crippen LogP contribution in [0.25, 0.3) is 22.2 Å². The Morgan fingerprint density at radius 3 is 2.53 bits per heavy atom. The molecule has 0 unspecified atom stereocenters. The molecule has 148 valence electrons. The van der Waals surface area contributed by atoms with Crippen molar-refractivity contribution >= 4 is 44.0 Å². The third-order valence-corrected chi connectivity index (χ3v) is 6.17. The maximum Gasteiger partial charge on any atom is 0.196 e. The fraction of sp³-hybridized carbons (Fsp3) is 0.160. The van der Waals surface area contributed by atoms with Crippen molar-refractivity contribution in [3.8, 4) is 11.3 Å². The lowest BCUT2D eigenvalue weighted by molar-refractivity contribution is 0.104. The second-order valence-corrected chi connectivity index (χ2v) is 8.38. The van der Waals surface area contributed by atoms with Gasteiger partial charge in [-0.3, -0.25) is 4.79 Å². The number of ketones is 1. The van der Waals surface area contributed by atoms with Crippen molar-refractivity contribution < 1.29 is 4.79 Å². The first-order valence-corrected chi connectivity index (χ1v) is 10.9. The highest BCUT2D eigenvalue weighted by atomic mass is 79.9. The van der Waals surface area contributed by atoms with Crippen LogP contribution in [0.2, 0.25) is 0 Å². The van der Waals surface area contributed by atoms with Gasteiger partial charge < -0.3 is 5.32 Å². The zero-order valence-electron chi connectivity index (χ0n) is 16.6. The van der Waals surface area contributed by atoms with Crippen LogP contribution in [0.4, 0.5) is 11.4 Å². The molecule has 0 saturated carbocycles. The standard InChI is InChI=1S/C25H20BrN3O/c1-2-3-6-15-9-11-16(12-10-15)29-20-13-19(26)24-22-21(20)25(30)18-8-5-4-7-17(18)23(22)27-14-28-24/h4-5,7-14,29H,2-3,6H2,1H3. The van der Waals surface area contributed by atoms with Crippen molar-refractivity contribution in [2.75, 3.05) is 5.32 Å². The van der Waals surface area contributed by atoms with E-state index in [0.29, 0.717) is 11.1 Å². The number of rotatable bonds is 5. The molecule has 0 saturated heterocycles. The number of carbonyl (C=O) groups is 1. The van der Waals surface area contributed by atoms with E-state index in [1.165, 1.54) is 18.4 Å². The van der Waals surface area contributed by atoms with E-state index in [2.05, 4.69) is 62.4 Å². The van der Waals surface area contributed by atoms with Crippen LogP contribution in [-0.4, -0.2) is 15.8 Å². The molecule has 0 bridgehead atoms. The topological polar surface area (TPSA) is 54.9 Å². The van der Waals surface area contributed by atoms with E-state index >= 15 is 0 Å². The van der Waals surface area contributed by atoms with E-state index in [1.807, 2.05) is 30.3 Å². The zero-order valence-corrected chi connectivity index (χ0v) is 18.2. The van der Waals surface area contributed by atoms with Gasteiger partial charge >= 0.3 is 0 Å². The highest BCUT2D eigenvalue weighted by molar-refractivity contribution is 9.10. The van der Waals surface area contributed by atoms with Gasteiger partial charge in [-0.05, 0) is 52.5 Å². The Balaban J connectivity index is 1.65. The number of halogens is 1. The molecule has 4 nitrogen and oxygen atoms in total. The summed E-state index contributed by atoms with van der Waals surface area (Å²) in [6.45, 7) is 2.20. The van der Waals surface area contributed by atoms with Crippen molar-refractivity contribution in [3.63, 3.8) is 0 Å². The molecule has 1 aliphatic carbocycles. The fourth-order valence-corrected chi connectivity index (χ4v) is 4.59. The van der Waals surface area contributed by atoms with Gasteiger partial charge in [0.15, 0.2) is 5.78 Å². The summed E-state index contributed by atoms with van der Waals surface area (Å²) < 4.78 is 0.833. The Bertz CT molecular complexity index is 1280. The van der Waals surface area contributed by atoms with Gasteiger partial charge in [-0.15, -0.1) is 0 Å². The molecular formula is C25H20BrN3O. The first-order chi connectivity index (χ1) is 14.7. The number of hydrogen-bond acceptors (Lipinski definition) is 4. The molecule has 4 aromatic rings. The minimum Gasteiger partial charge on any atom is -0.355 e. The molecular weight excluding hydrogens is 438 g/mol. The Hall–Kier alpha value is -3.05. The predicted molar refractivity (Wildman–Crippen MR) is 124 cm³/mol. The minimum absolute atomic E-state index is 0.00698. The van der Waals surface area contributed by atoms with E-state index in [0.717, 1.165) is 44.4 Å². The summed E-state index contributed by atoms with van der Waals surface area (Å²) >= 11 is 3.64. The van der Waals surface area contributed by atoms with Gasteiger partial charge in [0.1, 0.15) is 6.33 Å². The number of carbonyl (C=O) groups excluding carboxylic acids is 1. The van der Waals surface area contributed by atoms with Crippen molar-refractivity contribution in [2.24, 2.45) is 0 Å². The van der Waals surface area contributed by atoms with Crippen LogP contribution in [0.3, 0.4) is 0 Å². The quantitative estimate of drug-likeness (QED) is 0.319. The van der Waals surface area contributed by atoms with Gasteiger partial charge in [-0.25, -0.2) is 9.97 Å². The Kier molecular flexibility index (Phi) is 4.83. The van der Waals surface area contributed by atoms with E-state index in [-0.39, 0.29) is 5.78 Å². The third kappa shape index (κ3) is 3.10. The molecule has 3 aromatic carbocycles. The number of nitrogens with one attached hydrogen (secondary N) is 1. The number of unbranched alkanes of at least 4 members (excludes halogenated alkanes) is 1. The maximum atomic E-state index is 13.5. The fourth-order valence-electron chi connectivity index (χ4n) is 4.06. The van der Waals surface area contributed by atoms with Crippen molar-refractivity contribution in [1.82, 2.24) is 9.97 Å². The molecule has 1 heterocycles. The summed E-state index contributed by atoms with van der Waals surface area (Å²) in [5.74, 6) is -0.00698. The average Bonchev–Trinajstić information content (AvgIpc) is 2.78. The Morgan fingerprint density at radius 2 is 1.77 bits per heavy atom. The lowest BCUT2D eigenvalue weighted by Crippen LogP contribution is -2.14. The summed E-state index contributed by atoms with van der Waals surface area (Å²) in [4.78, 5) is 22.5. The van der Waals surface area contributed by atoms with Gasteiger partial charge in [0.05, 0.1) is 22.5 Å². The molecule has 1 N–H and O–H groups in total. The predicted octanol–water partition coefficient (Wildman–Crippen LogP) is 6.69. The highest BCUT2D eigenvalue weighted by Crippen LogP contribution is 2.43. The van der Waals surface area contributed by atoms with Crippen LogP contribution in [0.15, 0.2) is 65.4 Å². The number of benzene rings is 3. The molecule has 0 amide bonds. The zero-order chi connectivity index (χ0) is 20.7. The molecule has 0 atom stereocenters. The number of aromatic nitrogens is 2. The van der Waals surface area contributed by atoms with E-state index in [4.69, 9.17) is 0 Å². The largest absolute Gasteiger partial charge is 0.355 e. The summed E-state index contributed by atoms with van der Waals surface area (Å²) in [6, 6.07) is 18.0. The summed E-state index contributed by atoms with van der Waals surface area (Å²) in [7, 11) is 0. The molecule has 5 heteroatoms. The molecule has 1 aromatic heterocycles. The average molecular weight is 458 g/mol. The maximum absolute atomic E-state index is 13.5. The number of nitrogens with zero attached hydrogens (tertiary/aromatic N) is 2. The van der Waals surface area contributed by atoms with E-state index in [1.54, 1.807) is 6.33 Å². The summed E-state index contributed by atoms with van der Waals surface area (Å²) in [6.07, 6.45) is 5.01. The number of fused-ring (bicyclic) bond motifs is 2. The lowest BCUT2D eigenvalue weighted by atomic mass is 9.86. The SMILES string of the molecule is CCCCc1ccc(Nc2cc(Br)c3ncnc4c3c2C(=O)c2ccccc2-4)cc1. The first kappa shape index (κ1) is 18.9. The van der Waals surface area contributed by atoms with Crippen LogP contribution in [0.5, 0.6) is 0 Å². The van der Waals surface area contributed by atoms with E-state index < -0.39 is 0 Å². The Labute approximate surface area is 183 Å². The van der Waals surface area contributed by atoms with Crippen LogP contribution < -0.4 is 5.32 Å². The van der Waals surface area contributed by atoms with Gasteiger partial charge in [0, 0.05) is 26.7 Å². The van der Waals surface area contributed by atoms with Crippen molar-refractivity contribution in [3.05, 3.63) is 82.1 Å². The highest BCUT2D eigenvalue weighted by Gasteiger charge is 2.30. The minimum atomic E-state index is -0.00698. The van der Waals surface area contributed by atoms with Crippen molar-refractivity contribution in [2.45, 2.75) is 26.2 Å². The molecule has 0 fully saturated rings. The number of anilines is 2. The second kappa shape index (κ2) is 7.65. The molecule has 5 rings (SSSR count). The molecule has 30 heavy (non-hydrogen) atoms. The van der Waals surface area contributed by atoms with Crippen LogP contribution in [0.1, 0.15) is 41.3 Å². The van der Waals surface area contributed by atoms with Crippen LogP contribution in [-0.2, 0) is 6.42 Å². The summed E-state index contributed by atoms with van der Waals surface area (Å²) in [5, 5.41) is 4.25. The Morgan fingerprint density at radius 1 is 1.00 bits per heavy atom. The van der Waals surface area contributed by atoms with Gasteiger partial charge in [-0.2, -0.15) is 0 Å². The van der Waals surface area contributed by atoms with Crippen LogP contribution >= 0.6 is 15.9 Å². The first-order valence-electron chi connectivity index (χ1n) is 10.1. The third-order valence-electron chi connectivity index (χ3n) is 5.57. The molecule has 0 radical (unpaired) electrons.